The highest BCUT2D eigenvalue weighted by molar-refractivity contribution is 5.96. The number of carbonyl (C=O) groups is 2. The summed E-state index contributed by atoms with van der Waals surface area (Å²) >= 11 is 0. The van der Waals surface area contributed by atoms with Gasteiger partial charge >= 0.3 is 0 Å². The van der Waals surface area contributed by atoms with Gasteiger partial charge in [0.2, 0.25) is 5.91 Å². The van der Waals surface area contributed by atoms with E-state index in [0.717, 1.165) is 35.2 Å². The largest absolute Gasteiger partial charge is 0.343 e. The van der Waals surface area contributed by atoms with Gasteiger partial charge in [0.15, 0.2) is 0 Å². The van der Waals surface area contributed by atoms with Gasteiger partial charge in [0.05, 0.1) is 18.3 Å². The fourth-order valence-electron chi connectivity index (χ4n) is 5.34. The second kappa shape index (κ2) is 11.9. The van der Waals surface area contributed by atoms with E-state index in [0.29, 0.717) is 17.5 Å². The average molecular weight is 534 g/mol. The van der Waals surface area contributed by atoms with Crippen molar-refractivity contribution in [2.24, 2.45) is 0 Å². The number of carbonyl (C=O) groups excluding carboxylic acids is 2. The zero-order valence-corrected chi connectivity index (χ0v) is 23.1. The smallest absolute Gasteiger partial charge is 0.267 e. The van der Waals surface area contributed by atoms with Crippen molar-refractivity contribution in [3.8, 4) is 0 Å². The first-order valence-corrected chi connectivity index (χ1v) is 13.2. The second-order valence-electron chi connectivity index (χ2n) is 10.6. The first-order chi connectivity index (χ1) is 18.5. The number of aryl methyl sites for hydroxylation is 2. The maximum atomic E-state index is 14.0. The number of likely N-dealkylation sites (N-methyl/N-ethyl adjacent to an activating group) is 1. The Kier molecular flexibility index (Phi) is 8.60. The minimum atomic E-state index is -0.352. The van der Waals surface area contributed by atoms with E-state index in [9.17, 15) is 18.8 Å². The van der Waals surface area contributed by atoms with Crippen LogP contribution in [-0.4, -0.2) is 64.5 Å². The molecular formula is C30H36FN5O3. The molecule has 4 rings (SSSR count). The average Bonchev–Trinajstić information content (AvgIpc) is 3.35. The number of aromatic amines is 1. The van der Waals surface area contributed by atoms with Gasteiger partial charge in [-0.3, -0.25) is 14.4 Å². The van der Waals surface area contributed by atoms with E-state index in [4.69, 9.17) is 0 Å². The SMILES string of the molecule is Cc1cc(Cc2ccc(C(=O)NCC(=O)N3[C@@H]([C@H](C)N(C)C)CC[C@H]3c3cccc(F)c3)cc2C)c(=O)[nH]n1. The number of benzene rings is 2. The molecule has 8 nitrogen and oxygen atoms in total. The predicted molar refractivity (Wildman–Crippen MR) is 148 cm³/mol. The van der Waals surface area contributed by atoms with Crippen molar-refractivity contribution in [3.05, 3.63) is 98.2 Å². The number of hydrogen-bond donors (Lipinski definition) is 2. The number of likely N-dealkylation sites (tertiary alicyclic amines) is 1. The normalized spacial score (nSPS) is 17.9. The highest BCUT2D eigenvalue weighted by Crippen LogP contribution is 2.38. The van der Waals surface area contributed by atoms with Gasteiger partial charge in [0.25, 0.3) is 11.5 Å². The number of aromatic nitrogens is 2. The highest BCUT2D eigenvalue weighted by atomic mass is 19.1. The fourth-order valence-corrected chi connectivity index (χ4v) is 5.34. The van der Waals surface area contributed by atoms with Gasteiger partial charge in [-0.2, -0.15) is 5.10 Å². The van der Waals surface area contributed by atoms with E-state index in [1.54, 1.807) is 24.3 Å². The van der Waals surface area contributed by atoms with Crippen LogP contribution < -0.4 is 10.9 Å². The van der Waals surface area contributed by atoms with Gasteiger partial charge in [0.1, 0.15) is 5.82 Å². The van der Waals surface area contributed by atoms with Crippen molar-refractivity contribution in [2.75, 3.05) is 20.6 Å². The van der Waals surface area contributed by atoms with Crippen LogP contribution in [0.25, 0.3) is 0 Å². The number of amides is 2. The van der Waals surface area contributed by atoms with Crippen molar-refractivity contribution in [3.63, 3.8) is 0 Å². The van der Waals surface area contributed by atoms with E-state index in [1.807, 2.05) is 45.0 Å². The van der Waals surface area contributed by atoms with E-state index in [1.165, 1.54) is 12.1 Å². The van der Waals surface area contributed by atoms with Gasteiger partial charge in [-0.1, -0.05) is 18.2 Å². The first-order valence-electron chi connectivity index (χ1n) is 13.2. The third-order valence-corrected chi connectivity index (χ3v) is 7.72. The van der Waals surface area contributed by atoms with Gasteiger partial charge in [-0.25, -0.2) is 9.49 Å². The third-order valence-electron chi connectivity index (χ3n) is 7.72. The van der Waals surface area contributed by atoms with Gasteiger partial charge in [0, 0.05) is 29.6 Å². The van der Waals surface area contributed by atoms with Crippen molar-refractivity contribution in [1.29, 1.82) is 0 Å². The van der Waals surface area contributed by atoms with Crippen LogP contribution in [-0.2, 0) is 11.2 Å². The van der Waals surface area contributed by atoms with E-state index in [2.05, 4.69) is 27.3 Å². The zero-order chi connectivity index (χ0) is 28.3. The monoisotopic (exact) mass is 533 g/mol. The van der Waals surface area contributed by atoms with Crippen molar-refractivity contribution < 1.29 is 14.0 Å². The van der Waals surface area contributed by atoms with Crippen LogP contribution in [0.1, 0.15) is 64.1 Å². The molecule has 0 bridgehead atoms. The van der Waals surface area contributed by atoms with Gasteiger partial charge in [-0.05, 0) is 94.7 Å². The Morgan fingerprint density at radius 2 is 1.90 bits per heavy atom. The predicted octanol–water partition coefficient (Wildman–Crippen LogP) is 3.53. The topological polar surface area (TPSA) is 98.4 Å². The summed E-state index contributed by atoms with van der Waals surface area (Å²) in [7, 11) is 3.95. The Labute approximate surface area is 228 Å². The van der Waals surface area contributed by atoms with E-state index >= 15 is 0 Å². The molecule has 2 aromatic carbocycles. The molecule has 0 saturated carbocycles. The molecule has 0 radical (unpaired) electrons. The summed E-state index contributed by atoms with van der Waals surface area (Å²) in [4.78, 5) is 42.5. The number of H-pyrrole nitrogens is 1. The van der Waals surface area contributed by atoms with Crippen LogP contribution in [0, 0.1) is 19.7 Å². The molecule has 0 unspecified atom stereocenters. The summed E-state index contributed by atoms with van der Waals surface area (Å²) in [5, 5.41) is 9.18. The minimum Gasteiger partial charge on any atom is -0.343 e. The molecule has 2 amide bonds. The molecule has 9 heteroatoms. The summed E-state index contributed by atoms with van der Waals surface area (Å²) in [6, 6.07) is 13.2. The fraction of sp³-hybridized carbons (Fsp3) is 0.400. The molecule has 39 heavy (non-hydrogen) atoms. The summed E-state index contributed by atoms with van der Waals surface area (Å²) in [5.41, 5.74) is 4.09. The number of nitrogens with one attached hydrogen (secondary N) is 2. The van der Waals surface area contributed by atoms with Gasteiger partial charge in [-0.15, -0.1) is 0 Å². The number of hydrogen-bond acceptors (Lipinski definition) is 5. The molecule has 1 fully saturated rings. The lowest BCUT2D eigenvalue weighted by Crippen LogP contribution is -2.50. The summed E-state index contributed by atoms with van der Waals surface area (Å²) in [6.07, 6.45) is 1.94. The third kappa shape index (κ3) is 6.42. The van der Waals surface area contributed by atoms with Crippen molar-refractivity contribution >= 4 is 11.8 Å². The molecule has 2 heterocycles. The van der Waals surface area contributed by atoms with Crippen LogP contribution in [0.5, 0.6) is 0 Å². The van der Waals surface area contributed by atoms with Crippen molar-refractivity contribution in [2.45, 2.75) is 58.2 Å². The van der Waals surface area contributed by atoms with Crippen LogP contribution in [0.15, 0.2) is 53.3 Å². The molecule has 3 aromatic rings. The molecule has 1 saturated heterocycles. The highest BCUT2D eigenvalue weighted by Gasteiger charge is 2.40. The van der Waals surface area contributed by atoms with E-state index < -0.39 is 0 Å². The molecule has 2 N–H and O–H groups in total. The van der Waals surface area contributed by atoms with Crippen LogP contribution in [0.4, 0.5) is 4.39 Å². The maximum Gasteiger partial charge on any atom is 0.267 e. The van der Waals surface area contributed by atoms with Crippen LogP contribution >= 0.6 is 0 Å². The molecule has 1 aromatic heterocycles. The van der Waals surface area contributed by atoms with Crippen molar-refractivity contribution in [1.82, 2.24) is 25.3 Å². The second-order valence-corrected chi connectivity index (χ2v) is 10.6. The van der Waals surface area contributed by atoms with Gasteiger partial charge < -0.3 is 15.1 Å². The Balaban J connectivity index is 1.47. The summed E-state index contributed by atoms with van der Waals surface area (Å²) in [6.45, 7) is 5.62. The molecule has 1 aliphatic rings. The summed E-state index contributed by atoms with van der Waals surface area (Å²) in [5.74, 6) is -0.886. The lowest BCUT2D eigenvalue weighted by Gasteiger charge is -2.36. The first kappa shape index (κ1) is 28.2. The zero-order valence-electron chi connectivity index (χ0n) is 23.1. The standard InChI is InChI=1S/C30H36FN5O3/c1-18-13-23(10-9-21(18)15-24-14-19(2)33-34-30(24)39)29(38)32-17-28(37)36-26(20(3)35(4)5)11-12-27(36)22-7-6-8-25(31)16-22/h6-10,13-14,16,20,26-27H,11-12,15,17H2,1-5H3,(H,32,38)(H,34,39)/t20-,26+,27-/m0/s1. The molecule has 1 aliphatic heterocycles. The molecular weight excluding hydrogens is 497 g/mol. The summed E-state index contributed by atoms with van der Waals surface area (Å²) < 4.78 is 14.0. The molecule has 0 spiro atoms. The number of rotatable bonds is 8. The quantitative estimate of drug-likeness (QED) is 0.462. The molecule has 3 atom stereocenters. The van der Waals surface area contributed by atoms with Crippen LogP contribution in [0.2, 0.25) is 0 Å². The van der Waals surface area contributed by atoms with E-state index in [-0.39, 0.29) is 47.9 Å². The molecule has 0 aliphatic carbocycles. The Morgan fingerprint density at radius 3 is 2.59 bits per heavy atom. The number of nitrogens with zero attached hydrogens (tertiary/aromatic N) is 3. The minimum absolute atomic E-state index is 0.0563. The maximum absolute atomic E-state index is 14.0. The number of halogens is 1. The van der Waals surface area contributed by atoms with Crippen LogP contribution in [0.3, 0.4) is 0 Å². The lowest BCUT2D eigenvalue weighted by molar-refractivity contribution is -0.134. The Morgan fingerprint density at radius 1 is 1.13 bits per heavy atom. The Hall–Kier alpha value is -3.85. The Bertz CT molecular complexity index is 1420. The molecule has 206 valence electrons. The lowest BCUT2D eigenvalue weighted by atomic mass is 9.99.